The number of carbonyl (C=O) groups is 1. The van der Waals surface area contributed by atoms with Gasteiger partial charge in [0.2, 0.25) is 5.89 Å². The van der Waals surface area contributed by atoms with Gasteiger partial charge in [-0.3, -0.25) is 0 Å². The number of carbonyl (C=O) groups excluding carboxylic acids is 1. The van der Waals surface area contributed by atoms with E-state index in [1.165, 1.54) is 0 Å². The van der Waals surface area contributed by atoms with Crippen molar-refractivity contribution in [2.45, 2.75) is 47.2 Å². The van der Waals surface area contributed by atoms with Crippen molar-refractivity contribution in [3.63, 3.8) is 0 Å². The Kier molecular flexibility index (Phi) is 5.03. The van der Waals surface area contributed by atoms with Gasteiger partial charge in [-0.25, -0.2) is 4.79 Å². The first-order valence-corrected chi connectivity index (χ1v) is 7.66. The number of nitrogens with one attached hydrogen (secondary N) is 2. The maximum absolute atomic E-state index is 12.3. The molecular weight excluding hydrogens is 292 g/mol. The van der Waals surface area contributed by atoms with Gasteiger partial charge in [0.1, 0.15) is 0 Å². The zero-order valence-corrected chi connectivity index (χ0v) is 14.3. The van der Waals surface area contributed by atoms with E-state index >= 15 is 0 Å². The molecule has 1 atom stereocenters. The molecule has 6 nitrogen and oxygen atoms in total. The van der Waals surface area contributed by atoms with E-state index < -0.39 is 0 Å². The summed E-state index contributed by atoms with van der Waals surface area (Å²) in [4.78, 5) is 16.3. The summed E-state index contributed by atoms with van der Waals surface area (Å²) in [7, 11) is 0. The lowest BCUT2D eigenvalue weighted by Gasteiger charge is -2.33. The fourth-order valence-corrected chi connectivity index (χ4v) is 2.43. The second-order valence-electron chi connectivity index (χ2n) is 6.71. The molecule has 0 aliphatic carbocycles. The molecule has 0 fully saturated rings. The van der Waals surface area contributed by atoms with Gasteiger partial charge in [0.15, 0.2) is 5.82 Å². The van der Waals surface area contributed by atoms with Crippen LogP contribution in [0, 0.1) is 19.3 Å². The molecule has 0 unspecified atom stereocenters. The lowest BCUT2D eigenvalue weighted by Crippen LogP contribution is -2.42. The highest BCUT2D eigenvalue weighted by Crippen LogP contribution is 2.34. The molecule has 0 bridgehead atoms. The molecule has 23 heavy (non-hydrogen) atoms. The number of benzene rings is 1. The van der Waals surface area contributed by atoms with Crippen molar-refractivity contribution < 1.29 is 9.32 Å². The second-order valence-corrected chi connectivity index (χ2v) is 6.71. The number of hydrogen-bond acceptors (Lipinski definition) is 4. The van der Waals surface area contributed by atoms with E-state index in [4.69, 9.17) is 4.52 Å². The SMILES string of the molecule is Cc1nc(CNC(=O)N[C@@H](c2ccccc2C)C(C)(C)C)no1. The van der Waals surface area contributed by atoms with E-state index in [0.717, 1.165) is 11.1 Å². The number of urea groups is 1. The molecule has 1 heterocycles. The number of aromatic nitrogens is 2. The standard InChI is InChI=1S/C17H24N4O2/c1-11-8-6-7-9-13(11)15(17(3,4)5)20-16(22)18-10-14-19-12(2)23-21-14/h6-9,15H,10H2,1-5H3,(H2,18,20,22)/t15-/m0/s1. The smallest absolute Gasteiger partial charge is 0.315 e. The summed E-state index contributed by atoms with van der Waals surface area (Å²) >= 11 is 0. The summed E-state index contributed by atoms with van der Waals surface area (Å²) in [6.07, 6.45) is 0. The van der Waals surface area contributed by atoms with Gasteiger partial charge in [-0.1, -0.05) is 50.2 Å². The molecule has 0 saturated heterocycles. The summed E-state index contributed by atoms with van der Waals surface area (Å²) in [5.41, 5.74) is 2.15. The Labute approximate surface area is 136 Å². The Hall–Kier alpha value is -2.37. The predicted molar refractivity (Wildman–Crippen MR) is 87.8 cm³/mol. The van der Waals surface area contributed by atoms with E-state index in [-0.39, 0.29) is 24.0 Å². The molecule has 0 spiro atoms. The van der Waals surface area contributed by atoms with Crippen molar-refractivity contribution in [2.75, 3.05) is 0 Å². The van der Waals surface area contributed by atoms with Gasteiger partial charge in [0.05, 0.1) is 12.6 Å². The molecule has 6 heteroatoms. The Morgan fingerprint density at radius 1 is 1.26 bits per heavy atom. The van der Waals surface area contributed by atoms with Gasteiger partial charge in [0.25, 0.3) is 0 Å². The average molecular weight is 316 g/mol. The van der Waals surface area contributed by atoms with Gasteiger partial charge >= 0.3 is 6.03 Å². The fraction of sp³-hybridized carbons (Fsp3) is 0.471. The zero-order chi connectivity index (χ0) is 17.0. The summed E-state index contributed by atoms with van der Waals surface area (Å²) in [6.45, 7) is 10.3. The van der Waals surface area contributed by atoms with Crippen LogP contribution in [0.1, 0.15) is 49.7 Å². The largest absolute Gasteiger partial charge is 0.340 e. The molecule has 2 N–H and O–H groups in total. The maximum atomic E-state index is 12.3. The third-order valence-electron chi connectivity index (χ3n) is 3.62. The van der Waals surface area contributed by atoms with E-state index in [1.54, 1.807) is 6.92 Å². The van der Waals surface area contributed by atoms with Gasteiger partial charge < -0.3 is 15.2 Å². The van der Waals surface area contributed by atoms with Crippen molar-refractivity contribution in [1.82, 2.24) is 20.8 Å². The van der Waals surface area contributed by atoms with E-state index in [1.807, 2.05) is 18.2 Å². The third-order valence-corrected chi connectivity index (χ3v) is 3.62. The number of amides is 2. The topological polar surface area (TPSA) is 80.0 Å². The minimum atomic E-state index is -0.254. The average Bonchev–Trinajstić information content (AvgIpc) is 2.88. The number of rotatable bonds is 4. The first-order chi connectivity index (χ1) is 10.8. The van der Waals surface area contributed by atoms with Crippen molar-refractivity contribution >= 4 is 6.03 Å². The zero-order valence-electron chi connectivity index (χ0n) is 14.3. The number of nitrogens with zero attached hydrogens (tertiary/aromatic N) is 2. The molecule has 0 radical (unpaired) electrons. The fourth-order valence-electron chi connectivity index (χ4n) is 2.43. The highest BCUT2D eigenvalue weighted by Gasteiger charge is 2.28. The molecule has 1 aromatic carbocycles. The molecule has 2 rings (SSSR count). The van der Waals surface area contributed by atoms with E-state index in [9.17, 15) is 4.79 Å². The highest BCUT2D eigenvalue weighted by atomic mass is 16.5. The van der Waals surface area contributed by atoms with Crippen molar-refractivity contribution in [1.29, 1.82) is 0 Å². The van der Waals surface area contributed by atoms with Crippen LogP contribution < -0.4 is 10.6 Å². The summed E-state index contributed by atoms with van der Waals surface area (Å²) < 4.78 is 4.88. The van der Waals surface area contributed by atoms with Crippen LogP contribution in [0.2, 0.25) is 0 Å². The summed E-state index contributed by atoms with van der Waals surface area (Å²) in [5.74, 6) is 0.940. The molecular formula is C17H24N4O2. The van der Waals surface area contributed by atoms with Crippen LogP contribution in [0.3, 0.4) is 0 Å². The highest BCUT2D eigenvalue weighted by molar-refractivity contribution is 5.74. The van der Waals surface area contributed by atoms with Crippen LogP contribution in [-0.2, 0) is 6.54 Å². The number of aryl methyl sites for hydroxylation is 2. The Balaban J connectivity index is 2.06. The molecule has 0 aliphatic heterocycles. The molecule has 0 aliphatic rings. The van der Waals surface area contributed by atoms with Crippen LogP contribution in [-0.4, -0.2) is 16.2 Å². The minimum Gasteiger partial charge on any atom is -0.340 e. The van der Waals surface area contributed by atoms with Crippen molar-refractivity contribution in [2.24, 2.45) is 5.41 Å². The summed E-state index contributed by atoms with van der Waals surface area (Å²) in [6, 6.07) is 7.73. The van der Waals surface area contributed by atoms with Gasteiger partial charge in [-0.2, -0.15) is 4.98 Å². The van der Waals surface area contributed by atoms with Crippen LogP contribution in [0.4, 0.5) is 4.79 Å². The third kappa shape index (κ3) is 4.55. The van der Waals surface area contributed by atoms with Gasteiger partial charge in [-0.15, -0.1) is 0 Å². The number of hydrogen-bond donors (Lipinski definition) is 2. The van der Waals surface area contributed by atoms with E-state index in [0.29, 0.717) is 11.7 Å². The molecule has 2 aromatic rings. The Morgan fingerprint density at radius 3 is 2.52 bits per heavy atom. The normalized spacial score (nSPS) is 12.7. The second kappa shape index (κ2) is 6.81. The van der Waals surface area contributed by atoms with E-state index in [2.05, 4.69) is 54.5 Å². The first kappa shape index (κ1) is 17.0. The van der Waals surface area contributed by atoms with Crippen LogP contribution in [0.25, 0.3) is 0 Å². The lowest BCUT2D eigenvalue weighted by molar-refractivity contribution is 0.217. The van der Waals surface area contributed by atoms with Gasteiger partial charge in [0, 0.05) is 6.92 Å². The van der Waals surface area contributed by atoms with Crippen LogP contribution in [0.15, 0.2) is 28.8 Å². The minimum absolute atomic E-state index is 0.101. The monoisotopic (exact) mass is 316 g/mol. The lowest BCUT2D eigenvalue weighted by atomic mass is 9.81. The Bertz CT molecular complexity index is 673. The van der Waals surface area contributed by atoms with Gasteiger partial charge in [-0.05, 0) is 23.5 Å². The molecule has 1 aromatic heterocycles. The quantitative estimate of drug-likeness (QED) is 0.907. The maximum Gasteiger partial charge on any atom is 0.315 e. The molecule has 124 valence electrons. The molecule has 0 saturated carbocycles. The van der Waals surface area contributed by atoms with Crippen molar-refractivity contribution in [3.05, 3.63) is 47.1 Å². The van der Waals surface area contributed by atoms with Crippen LogP contribution >= 0.6 is 0 Å². The summed E-state index contributed by atoms with van der Waals surface area (Å²) in [5, 5.41) is 9.58. The van der Waals surface area contributed by atoms with Crippen LogP contribution in [0.5, 0.6) is 0 Å². The predicted octanol–water partition coefficient (Wildman–Crippen LogP) is 3.27. The Morgan fingerprint density at radius 2 is 1.96 bits per heavy atom. The molecule has 2 amide bonds. The van der Waals surface area contributed by atoms with Crippen molar-refractivity contribution in [3.8, 4) is 0 Å². The first-order valence-electron chi connectivity index (χ1n) is 7.66.